The lowest BCUT2D eigenvalue weighted by Crippen LogP contribution is -2.21. The van der Waals surface area contributed by atoms with Crippen molar-refractivity contribution in [2.75, 3.05) is 7.11 Å². The molecule has 1 aromatic rings. The van der Waals surface area contributed by atoms with Gasteiger partial charge in [0.05, 0.1) is 0 Å². The van der Waals surface area contributed by atoms with Crippen molar-refractivity contribution in [1.82, 2.24) is 0 Å². The fourth-order valence-electron chi connectivity index (χ4n) is 2.34. The van der Waals surface area contributed by atoms with E-state index in [9.17, 15) is 0 Å². The first-order valence-corrected chi connectivity index (χ1v) is 6.09. The molecule has 0 bridgehead atoms. The van der Waals surface area contributed by atoms with Gasteiger partial charge in [-0.25, -0.2) is 0 Å². The summed E-state index contributed by atoms with van der Waals surface area (Å²) in [7, 11) is 1.70. The predicted molar refractivity (Wildman–Crippen MR) is 69.0 cm³/mol. The first-order chi connectivity index (χ1) is 7.73. The van der Waals surface area contributed by atoms with Crippen LogP contribution in [0, 0.1) is 0 Å². The Kier molecular flexibility index (Phi) is 2.64. The molecule has 2 nitrogen and oxygen atoms in total. The summed E-state index contributed by atoms with van der Waals surface area (Å²) >= 11 is 0. The summed E-state index contributed by atoms with van der Waals surface area (Å²) in [6.07, 6.45) is 0. The van der Waals surface area contributed by atoms with E-state index in [1.807, 2.05) is 13.8 Å². The monoisotopic (exact) mass is 234 g/mol. The van der Waals surface area contributed by atoms with Crippen LogP contribution in [-0.4, -0.2) is 12.7 Å². The van der Waals surface area contributed by atoms with Crippen LogP contribution in [0.3, 0.4) is 0 Å². The highest BCUT2D eigenvalue weighted by Gasteiger charge is 2.66. The van der Waals surface area contributed by atoms with Crippen molar-refractivity contribution in [3.8, 4) is 0 Å². The molecule has 1 fully saturated rings. The fraction of sp³-hybridized carbons (Fsp3) is 0.600. The van der Waals surface area contributed by atoms with Gasteiger partial charge in [-0.2, -0.15) is 0 Å². The number of epoxide rings is 1. The molecule has 0 aliphatic carbocycles. The number of hydrogen-bond acceptors (Lipinski definition) is 2. The van der Waals surface area contributed by atoms with Crippen LogP contribution in [-0.2, 0) is 20.7 Å². The standard InChI is InChI=1S/C15H22O2/c1-13(2,3)11-7-9-12(10-8-11)15(16-6)14(4,5)17-15/h7-10H,1-6H3. The maximum Gasteiger partial charge on any atom is 0.225 e. The minimum Gasteiger partial charge on any atom is -0.347 e. The Hall–Kier alpha value is -0.860. The van der Waals surface area contributed by atoms with Crippen LogP contribution in [0.2, 0.25) is 0 Å². The van der Waals surface area contributed by atoms with Crippen molar-refractivity contribution in [1.29, 1.82) is 0 Å². The molecule has 17 heavy (non-hydrogen) atoms. The van der Waals surface area contributed by atoms with Gasteiger partial charge in [0.2, 0.25) is 5.79 Å². The second-order valence-corrected chi connectivity index (χ2v) is 6.26. The molecule has 1 aromatic carbocycles. The van der Waals surface area contributed by atoms with Crippen LogP contribution < -0.4 is 0 Å². The minimum atomic E-state index is -0.552. The zero-order valence-corrected chi connectivity index (χ0v) is 11.6. The quantitative estimate of drug-likeness (QED) is 0.729. The number of ether oxygens (including phenoxy) is 2. The molecule has 94 valence electrons. The van der Waals surface area contributed by atoms with Gasteiger partial charge >= 0.3 is 0 Å². The van der Waals surface area contributed by atoms with Crippen LogP contribution in [0.5, 0.6) is 0 Å². The Morgan fingerprint density at radius 3 is 1.82 bits per heavy atom. The van der Waals surface area contributed by atoms with Crippen LogP contribution in [0.15, 0.2) is 24.3 Å². The van der Waals surface area contributed by atoms with E-state index in [1.54, 1.807) is 7.11 Å². The Bertz CT molecular complexity index is 412. The van der Waals surface area contributed by atoms with Gasteiger partial charge in [-0.05, 0) is 24.8 Å². The number of hydrogen-bond donors (Lipinski definition) is 0. The maximum atomic E-state index is 5.73. The van der Waals surface area contributed by atoms with E-state index in [1.165, 1.54) is 5.56 Å². The summed E-state index contributed by atoms with van der Waals surface area (Å²) in [6.45, 7) is 10.7. The summed E-state index contributed by atoms with van der Waals surface area (Å²) in [5, 5.41) is 0. The van der Waals surface area contributed by atoms with E-state index in [0.29, 0.717) is 0 Å². The summed E-state index contributed by atoms with van der Waals surface area (Å²) in [6, 6.07) is 8.54. The highest BCUT2D eigenvalue weighted by molar-refractivity contribution is 5.34. The molecule has 1 aliphatic rings. The Morgan fingerprint density at radius 2 is 1.53 bits per heavy atom. The van der Waals surface area contributed by atoms with Crippen molar-refractivity contribution < 1.29 is 9.47 Å². The molecule has 0 saturated carbocycles. The van der Waals surface area contributed by atoms with Crippen LogP contribution in [0.25, 0.3) is 0 Å². The number of benzene rings is 1. The van der Waals surface area contributed by atoms with Crippen LogP contribution in [0.1, 0.15) is 45.7 Å². The second-order valence-electron chi connectivity index (χ2n) is 6.26. The number of methoxy groups -OCH3 is 1. The average Bonchev–Trinajstić information content (AvgIpc) is 2.81. The normalized spacial score (nSPS) is 26.9. The van der Waals surface area contributed by atoms with E-state index < -0.39 is 5.79 Å². The van der Waals surface area contributed by atoms with Crippen molar-refractivity contribution in [3.05, 3.63) is 35.4 Å². The molecule has 1 saturated heterocycles. The predicted octanol–water partition coefficient (Wildman–Crippen LogP) is 3.59. The Balaban J connectivity index is 2.31. The second kappa shape index (κ2) is 3.56. The SMILES string of the molecule is COC1(c2ccc(C(C)(C)C)cc2)OC1(C)C. The van der Waals surface area contributed by atoms with E-state index in [0.717, 1.165) is 5.56 Å². The molecule has 1 atom stereocenters. The lowest BCUT2D eigenvalue weighted by molar-refractivity contribution is -0.0147. The van der Waals surface area contributed by atoms with Gasteiger partial charge in [0.15, 0.2) is 0 Å². The largest absolute Gasteiger partial charge is 0.347 e. The third-order valence-corrected chi connectivity index (χ3v) is 3.57. The zero-order chi connectivity index (χ0) is 12.9. The van der Waals surface area contributed by atoms with E-state index >= 15 is 0 Å². The van der Waals surface area contributed by atoms with E-state index in [2.05, 4.69) is 45.0 Å². The van der Waals surface area contributed by atoms with Gasteiger partial charge in [-0.15, -0.1) is 0 Å². The molecule has 0 N–H and O–H groups in total. The third kappa shape index (κ3) is 1.90. The van der Waals surface area contributed by atoms with Crippen molar-refractivity contribution >= 4 is 0 Å². The van der Waals surface area contributed by atoms with Gasteiger partial charge in [0.25, 0.3) is 0 Å². The first kappa shape index (κ1) is 12.6. The lowest BCUT2D eigenvalue weighted by Gasteiger charge is -2.20. The Labute approximate surface area is 104 Å². The van der Waals surface area contributed by atoms with Crippen molar-refractivity contribution in [3.63, 3.8) is 0 Å². The van der Waals surface area contributed by atoms with Gasteiger partial charge in [-0.3, -0.25) is 0 Å². The van der Waals surface area contributed by atoms with Gasteiger partial charge < -0.3 is 9.47 Å². The molecule has 1 unspecified atom stereocenters. The van der Waals surface area contributed by atoms with Crippen molar-refractivity contribution in [2.24, 2.45) is 0 Å². The summed E-state index contributed by atoms with van der Waals surface area (Å²) in [5.41, 5.74) is 2.37. The average molecular weight is 234 g/mol. The molecule has 1 heterocycles. The zero-order valence-electron chi connectivity index (χ0n) is 11.6. The van der Waals surface area contributed by atoms with E-state index in [-0.39, 0.29) is 11.0 Å². The molecule has 2 rings (SSSR count). The molecular weight excluding hydrogens is 212 g/mol. The van der Waals surface area contributed by atoms with Crippen LogP contribution >= 0.6 is 0 Å². The van der Waals surface area contributed by atoms with Gasteiger partial charge in [-0.1, -0.05) is 45.0 Å². The summed E-state index contributed by atoms with van der Waals surface area (Å²) < 4.78 is 11.3. The molecule has 1 aliphatic heterocycles. The lowest BCUT2D eigenvalue weighted by atomic mass is 9.86. The fourth-order valence-corrected chi connectivity index (χ4v) is 2.34. The molecule has 0 spiro atoms. The molecular formula is C15H22O2. The highest BCUT2D eigenvalue weighted by atomic mass is 16.8. The summed E-state index contributed by atoms with van der Waals surface area (Å²) in [4.78, 5) is 0. The maximum absolute atomic E-state index is 5.73. The highest BCUT2D eigenvalue weighted by Crippen LogP contribution is 2.55. The minimum absolute atomic E-state index is 0.179. The third-order valence-electron chi connectivity index (χ3n) is 3.57. The molecule has 0 aromatic heterocycles. The van der Waals surface area contributed by atoms with Gasteiger partial charge in [0.1, 0.15) is 5.60 Å². The smallest absolute Gasteiger partial charge is 0.225 e. The summed E-state index contributed by atoms with van der Waals surface area (Å²) in [5.74, 6) is -0.552. The van der Waals surface area contributed by atoms with Crippen LogP contribution in [0.4, 0.5) is 0 Å². The topological polar surface area (TPSA) is 21.8 Å². The Morgan fingerprint density at radius 1 is 1.06 bits per heavy atom. The molecule has 2 heteroatoms. The molecule has 0 radical (unpaired) electrons. The number of rotatable bonds is 2. The first-order valence-electron chi connectivity index (χ1n) is 6.09. The van der Waals surface area contributed by atoms with Crippen molar-refractivity contribution in [2.45, 2.75) is 51.4 Å². The van der Waals surface area contributed by atoms with Gasteiger partial charge in [0, 0.05) is 12.7 Å². The molecule has 0 amide bonds. The van der Waals surface area contributed by atoms with E-state index in [4.69, 9.17) is 9.47 Å².